The highest BCUT2D eigenvalue weighted by molar-refractivity contribution is 5.97. The third-order valence-electron chi connectivity index (χ3n) is 4.06. The number of aliphatic hydroxyl groups excluding tert-OH is 1. The van der Waals surface area contributed by atoms with Crippen LogP contribution in [0, 0.1) is 17.8 Å². The summed E-state index contributed by atoms with van der Waals surface area (Å²) in [7, 11) is 6.21. The summed E-state index contributed by atoms with van der Waals surface area (Å²) in [6.07, 6.45) is 2.43. The van der Waals surface area contributed by atoms with Crippen LogP contribution in [0.1, 0.15) is 12.8 Å². The second-order valence-corrected chi connectivity index (χ2v) is 5.11. The Bertz CT molecular complexity index is 205. The van der Waals surface area contributed by atoms with Gasteiger partial charge in [-0.15, -0.1) is 0 Å². The third-order valence-corrected chi connectivity index (χ3v) is 4.06. The molecule has 4 fully saturated rings. The van der Waals surface area contributed by atoms with E-state index in [0.29, 0.717) is 11.8 Å². The highest BCUT2D eigenvalue weighted by atomic mass is 16.3. The molecular weight excluding hydrogens is 149 g/mol. The Balaban J connectivity index is 1.95. The molecule has 3 aliphatic heterocycles. The van der Waals surface area contributed by atoms with Crippen LogP contribution >= 0.6 is 0 Å². The van der Waals surface area contributed by atoms with Gasteiger partial charge >= 0.3 is 7.98 Å². The van der Waals surface area contributed by atoms with Crippen molar-refractivity contribution in [1.82, 2.24) is 0 Å². The van der Waals surface area contributed by atoms with Crippen LogP contribution in [0.25, 0.3) is 0 Å². The van der Waals surface area contributed by atoms with Crippen molar-refractivity contribution in [2.45, 2.75) is 18.9 Å². The van der Waals surface area contributed by atoms with Gasteiger partial charge in [-0.3, -0.25) is 0 Å². The Labute approximate surface area is 74.6 Å². The Morgan fingerprint density at radius 1 is 1.08 bits per heavy atom. The standard InChI is InChI=1S/C9H15BNO/c10-11-3-6-1-7(4-11)9(12)8(2-6)5-11/h6-9,12H,1-5H2/q+1/t6?,7-,8?,9?,11?/m0/s1. The SMILES string of the molecule is [B][N+]12CC3CC(C1)C(O)[C@@H](C3)C2. The average molecular weight is 164 g/mol. The topological polar surface area (TPSA) is 20.2 Å². The molecule has 5 atom stereocenters. The van der Waals surface area contributed by atoms with Crippen LogP contribution in [0.2, 0.25) is 0 Å². The molecule has 3 heteroatoms. The first-order valence-electron chi connectivity index (χ1n) is 4.99. The van der Waals surface area contributed by atoms with Gasteiger partial charge in [0.25, 0.3) is 0 Å². The molecule has 4 rings (SSSR count). The van der Waals surface area contributed by atoms with Gasteiger partial charge in [0.05, 0.1) is 25.7 Å². The van der Waals surface area contributed by atoms with E-state index in [2.05, 4.69) is 0 Å². The minimum Gasteiger partial charge on any atom is -0.396 e. The van der Waals surface area contributed by atoms with E-state index in [-0.39, 0.29) is 6.10 Å². The summed E-state index contributed by atoms with van der Waals surface area (Å²) in [5.74, 6) is 1.85. The first kappa shape index (κ1) is 7.39. The number of aliphatic hydroxyl groups is 1. The molecule has 64 valence electrons. The predicted octanol–water partition coefficient (Wildman–Crippen LogP) is -0.0828. The van der Waals surface area contributed by atoms with Gasteiger partial charge in [-0.2, -0.15) is 0 Å². The first-order valence-corrected chi connectivity index (χ1v) is 4.99. The molecule has 3 heterocycles. The number of rotatable bonds is 0. The Hall–Kier alpha value is -0.0151. The van der Waals surface area contributed by atoms with Gasteiger partial charge in [0.2, 0.25) is 0 Å². The van der Waals surface area contributed by atoms with Crippen LogP contribution in [0.5, 0.6) is 0 Å². The second kappa shape index (κ2) is 2.07. The molecule has 4 bridgehead atoms. The lowest BCUT2D eigenvalue weighted by Crippen LogP contribution is -2.69. The van der Waals surface area contributed by atoms with E-state index in [1.807, 2.05) is 0 Å². The van der Waals surface area contributed by atoms with Gasteiger partial charge in [-0.25, -0.2) is 0 Å². The van der Waals surface area contributed by atoms with Gasteiger partial charge in [0.15, 0.2) is 0 Å². The molecular formula is C9H15BNO+. The zero-order chi connectivity index (χ0) is 8.34. The fraction of sp³-hybridized carbons (Fsp3) is 1.00. The fourth-order valence-electron chi connectivity index (χ4n) is 3.80. The third kappa shape index (κ3) is 0.840. The van der Waals surface area contributed by atoms with Crippen molar-refractivity contribution < 1.29 is 9.50 Å². The van der Waals surface area contributed by atoms with Crippen molar-refractivity contribution in [2.24, 2.45) is 17.8 Å². The van der Waals surface area contributed by atoms with Crippen LogP contribution in [-0.4, -0.2) is 43.2 Å². The predicted molar refractivity (Wildman–Crippen MR) is 46.3 cm³/mol. The van der Waals surface area contributed by atoms with Crippen molar-refractivity contribution in [2.75, 3.05) is 19.6 Å². The van der Waals surface area contributed by atoms with Gasteiger partial charge in [0, 0.05) is 17.8 Å². The van der Waals surface area contributed by atoms with Crippen molar-refractivity contribution in [3.63, 3.8) is 0 Å². The van der Waals surface area contributed by atoms with E-state index in [0.717, 1.165) is 23.4 Å². The van der Waals surface area contributed by atoms with Gasteiger partial charge in [-0.1, -0.05) is 0 Å². The number of hydrogen-bond donors (Lipinski definition) is 1. The smallest absolute Gasteiger partial charge is 0.396 e. The molecule has 2 radical (unpaired) electrons. The van der Waals surface area contributed by atoms with Crippen molar-refractivity contribution >= 4 is 7.98 Å². The molecule has 12 heavy (non-hydrogen) atoms. The minimum atomic E-state index is -0.0312. The summed E-state index contributed by atoms with van der Waals surface area (Å²) < 4.78 is 0.761. The van der Waals surface area contributed by atoms with Crippen LogP contribution in [-0.2, 0) is 0 Å². The maximum atomic E-state index is 9.88. The van der Waals surface area contributed by atoms with Crippen LogP contribution < -0.4 is 0 Å². The van der Waals surface area contributed by atoms with Gasteiger partial charge in [-0.05, 0) is 12.8 Å². The van der Waals surface area contributed by atoms with Crippen LogP contribution in [0.4, 0.5) is 0 Å². The fourth-order valence-corrected chi connectivity index (χ4v) is 3.80. The number of nitrogens with zero attached hydrogens (tertiary/aromatic N) is 1. The van der Waals surface area contributed by atoms with E-state index in [1.54, 1.807) is 0 Å². The normalized spacial score (nSPS) is 62.4. The Kier molecular flexibility index (Phi) is 1.28. The van der Waals surface area contributed by atoms with E-state index in [4.69, 9.17) is 7.98 Å². The molecule has 0 spiro atoms. The summed E-state index contributed by atoms with van der Waals surface area (Å²) >= 11 is 0. The van der Waals surface area contributed by atoms with Gasteiger partial charge in [0.1, 0.15) is 0 Å². The number of quaternary nitrogens is 1. The highest BCUT2D eigenvalue weighted by Crippen LogP contribution is 2.45. The molecule has 0 aromatic heterocycles. The maximum absolute atomic E-state index is 9.88. The Morgan fingerprint density at radius 2 is 1.67 bits per heavy atom. The molecule has 4 unspecified atom stereocenters. The summed E-state index contributed by atoms with van der Waals surface area (Å²) in [6.45, 7) is 3.21. The molecule has 0 amide bonds. The summed E-state index contributed by atoms with van der Waals surface area (Å²) in [6, 6.07) is 0. The average Bonchev–Trinajstić information content (AvgIpc) is 1.96. The van der Waals surface area contributed by atoms with Gasteiger partial charge < -0.3 is 9.50 Å². The zero-order valence-corrected chi connectivity index (χ0v) is 7.32. The maximum Gasteiger partial charge on any atom is 0.481 e. The lowest BCUT2D eigenvalue weighted by atomic mass is 9.64. The second-order valence-electron chi connectivity index (χ2n) is 5.11. The molecule has 1 aliphatic carbocycles. The van der Waals surface area contributed by atoms with Crippen molar-refractivity contribution in [1.29, 1.82) is 0 Å². The highest BCUT2D eigenvalue weighted by Gasteiger charge is 2.53. The molecule has 1 N–H and O–H groups in total. The van der Waals surface area contributed by atoms with Crippen LogP contribution in [0.15, 0.2) is 0 Å². The molecule has 1 saturated carbocycles. The van der Waals surface area contributed by atoms with E-state index in [1.165, 1.54) is 19.4 Å². The molecule has 2 nitrogen and oxygen atoms in total. The van der Waals surface area contributed by atoms with E-state index < -0.39 is 0 Å². The zero-order valence-electron chi connectivity index (χ0n) is 7.32. The summed E-state index contributed by atoms with van der Waals surface area (Å²) in [4.78, 5) is 0. The van der Waals surface area contributed by atoms with E-state index >= 15 is 0 Å². The number of hydrogen-bond acceptors (Lipinski definition) is 1. The van der Waals surface area contributed by atoms with E-state index in [9.17, 15) is 5.11 Å². The molecule has 0 aromatic rings. The van der Waals surface area contributed by atoms with Crippen molar-refractivity contribution in [3.05, 3.63) is 0 Å². The summed E-state index contributed by atoms with van der Waals surface area (Å²) in [5, 5.41) is 9.88. The molecule has 3 saturated heterocycles. The van der Waals surface area contributed by atoms with Crippen LogP contribution in [0.3, 0.4) is 0 Å². The Morgan fingerprint density at radius 3 is 2.17 bits per heavy atom. The first-order chi connectivity index (χ1) is 5.66. The lowest BCUT2D eigenvalue weighted by Gasteiger charge is -2.59. The number of piperidine rings is 3. The molecule has 0 aromatic carbocycles. The quantitative estimate of drug-likeness (QED) is 0.496. The summed E-state index contributed by atoms with van der Waals surface area (Å²) in [5.41, 5.74) is 0. The largest absolute Gasteiger partial charge is 0.481 e. The minimum absolute atomic E-state index is 0.0312. The lowest BCUT2D eigenvalue weighted by molar-refractivity contribution is -0.852. The molecule has 4 aliphatic rings. The monoisotopic (exact) mass is 164 g/mol. The van der Waals surface area contributed by atoms with Crippen molar-refractivity contribution in [3.8, 4) is 0 Å².